The van der Waals surface area contributed by atoms with E-state index in [2.05, 4.69) is 29.7 Å². The first-order chi connectivity index (χ1) is 25.1. The number of pyridine rings is 1. The molecule has 3 N–H and O–H groups in total. The monoisotopic (exact) mass is 854 g/mol. The highest BCUT2D eigenvalue weighted by atomic mass is 127. The van der Waals surface area contributed by atoms with Crippen molar-refractivity contribution in [2.45, 2.75) is 88.0 Å². The Morgan fingerprint density at radius 2 is 1.85 bits per heavy atom. The molecule has 1 aliphatic heterocycles. The van der Waals surface area contributed by atoms with E-state index < -0.39 is 46.9 Å². The molecule has 0 radical (unpaired) electrons. The number of carboxylic acid groups (broad SMARTS) is 1. The van der Waals surface area contributed by atoms with Gasteiger partial charge in [0.2, 0.25) is 11.8 Å². The average Bonchev–Trinajstić information content (AvgIpc) is 3.44. The fourth-order valence-corrected chi connectivity index (χ4v) is 8.66. The number of aromatic nitrogens is 2. The number of nitrogens with one attached hydrogen (secondary N) is 2. The van der Waals surface area contributed by atoms with Gasteiger partial charge in [-0.15, -0.1) is 16.2 Å². The van der Waals surface area contributed by atoms with E-state index in [1.807, 2.05) is 73.9 Å². The second kappa shape index (κ2) is 14.8. The van der Waals surface area contributed by atoms with Crippen LogP contribution in [0.3, 0.4) is 0 Å². The molecule has 2 aromatic carbocycles. The number of amides is 2. The van der Waals surface area contributed by atoms with Crippen LogP contribution in [-0.2, 0) is 14.4 Å². The van der Waals surface area contributed by atoms with E-state index in [1.54, 1.807) is 31.4 Å². The van der Waals surface area contributed by atoms with Gasteiger partial charge in [0.25, 0.3) is 0 Å². The Hall–Kier alpha value is -4.38. The summed E-state index contributed by atoms with van der Waals surface area (Å²) < 4.78 is 12.1. The zero-order chi connectivity index (χ0) is 38.4. The normalized spacial score (nSPS) is 21.7. The zero-order valence-corrected chi connectivity index (χ0v) is 33.6. The fraction of sp³-hybridized carbons (Fsp3) is 0.447. The third-order valence-corrected chi connectivity index (χ3v) is 12.2. The van der Waals surface area contributed by atoms with E-state index in [0.717, 1.165) is 21.7 Å². The van der Waals surface area contributed by atoms with Gasteiger partial charge in [-0.25, -0.2) is 14.8 Å². The summed E-state index contributed by atoms with van der Waals surface area (Å²) in [6, 6.07) is 10.3. The van der Waals surface area contributed by atoms with Crippen LogP contribution >= 0.6 is 33.9 Å². The largest absolute Gasteiger partial charge is 0.496 e. The van der Waals surface area contributed by atoms with Gasteiger partial charge in [0.15, 0.2) is 5.54 Å². The number of nitroso groups, excluding NO2 is 1. The molecule has 5 atom stereocenters. The molecule has 4 aromatic rings. The molecule has 1 saturated carbocycles. The standard InChI is InChI=1S/C38H43IN6O7S/c1-19(2)26-18-53-34(42-26)25-15-29(22-12-13-28(51-7)20(3)31(22)40-25)52-21-14-27(33(46)43-38(36(48)49)16-30(38)39)45(17-21)35(47)32(37(4,5)6)41-23-10-8-9-11-24(23)44-50/h8-13,15,18-19,21,27,30,32,41H,14,16-17H2,1-7H3,(H,43,46)(H,48,49)/t21-,27+,30-,32-,38-/m1/s1. The molecule has 0 bridgehead atoms. The summed E-state index contributed by atoms with van der Waals surface area (Å²) in [6.07, 6.45) is -0.273. The minimum atomic E-state index is -1.41. The Balaban J connectivity index is 1.39. The Morgan fingerprint density at radius 3 is 2.45 bits per heavy atom. The SMILES string of the molecule is COc1ccc2c(O[C@@H]3C[C@@H](C(=O)N[C@]4(C(=O)O)C[C@H]4I)N(C(=O)[C@@H](Nc4ccccc4N=O)C(C)(C)C)C3)cc(-c3nc(C(C)C)cs3)nc2c1C. The van der Waals surface area contributed by atoms with Crippen molar-refractivity contribution in [2.24, 2.45) is 10.6 Å². The molecule has 13 nitrogen and oxygen atoms in total. The predicted molar refractivity (Wildman–Crippen MR) is 212 cm³/mol. The molecule has 3 heterocycles. The molecule has 1 aliphatic carbocycles. The number of carbonyl (C=O) groups excluding carboxylic acids is 2. The van der Waals surface area contributed by atoms with Crippen LogP contribution in [0.1, 0.15) is 64.6 Å². The van der Waals surface area contributed by atoms with Crippen LogP contribution in [0.25, 0.3) is 21.6 Å². The van der Waals surface area contributed by atoms with E-state index in [4.69, 9.17) is 19.4 Å². The van der Waals surface area contributed by atoms with Gasteiger partial charge in [-0.3, -0.25) is 9.59 Å². The van der Waals surface area contributed by atoms with E-state index in [-0.39, 0.29) is 34.9 Å². The van der Waals surface area contributed by atoms with E-state index in [9.17, 15) is 24.4 Å². The van der Waals surface area contributed by atoms with Crippen molar-refractivity contribution in [1.29, 1.82) is 0 Å². The zero-order valence-electron chi connectivity index (χ0n) is 30.6. The molecule has 2 aliphatic rings. The topological polar surface area (TPSA) is 172 Å². The molecule has 15 heteroatoms. The number of methoxy groups -OCH3 is 1. The first-order valence-electron chi connectivity index (χ1n) is 17.4. The van der Waals surface area contributed by atoms with Crippen LogP contribution in [-0.4, -0.2) is 79.1 Å². The van der Waals surface area contributed by atoms with Gasteiger partial charge < -0.3 is 30.1 Å². The number of carbonyl (C=O) groups is 3. The number of fused-ring (bicyclic) bond motifs is 1. The third kappa shape index (κ3) is 7.54. The Morgan fingerprint density at radius 1 is 1.13 bits per heavy atom. The van der Waals surface area contributed by atoms with Gasteiger partial charge >= 0.3 is 5.97 Å². The van der Waals surface area contributed by atoms with Crippen molar-refractivity contribution < 1.29 is 29.0 Å². The van der Waals surface area contributed by atoms with Crippen molar-refractivity contribution >= 4 is 74.0 Å². The van der Waals surface area contributed by atoms with Crippen molar-refractivity contribution in [3.05, 3.63) is 64.0 Å². The van der Waals surface area contributed by atoms with Gasteiger partial charge in [0.1, 0.15) is 46.1 Å². The molecule has 2 amide bonds. The summed E-state index contributed by atoms with van der Waals surface area (Å²) in [4.78, 5) is 64.0. The Labute approximate surface area is 325 Å². The van der Waals surface area contributed by atoms with Crippen molar-refractivity contribution in [1.82, 2.24) is 20.2 Å². The van der Waals surface area contributed by atoms with E-state index in [0.29, 0.717) is 28.4 Å². The Bertz CT molecular complexity index is 2080. The number of carboxylic acids is 1. The quantitative estimate of drug-likeness (QED) is 0.0751. The lowest BCUT2D eigenvalue weighted by Crippen LogP contribution is -2.57. The highest BCUT2D eigenvalue weighted by Gasteiger charge is 2.61. The number of benzene rings is 2. The number of aliphatic carboxylic acids is 1. The summed E-state index contributed by atoms with van der Waals surface area (Å²) in [5.74, 6) is -0.693. The summed E-state index contributed by atoms with van der Waals surface area (Å²) in [5, 5.41) is 22.6. The number of likely N-dealkylation sites (tertiary alicyclic amines) is 1. The highest BCUT2D eigenvalue weighted by Crippen LogP contribution is 2.44. The van der Waals surface area contributed by atoms with Crippen LogP contribution in [0.4, 0.5) is 11.4 Å². The lowest BCUT2D eigenvalue weighted by atomic mass is 9.85. The maximum atomic E-state index is 14.7. The lowest BCUT2D eigenvalue weighted by molar-refractivity contribution is -0.145. The maximum Gasteiger partial charge on any atom is 0.330 e. The summed E-state index contributed by atoms with van der Waals surface area (Å²) >= 11 is 3.51. The highest BCUT2D eigenvalue weighted by molar-refractivity contribution is 14.1. The number of thiazole rings is 1. The number of para-hydroxylation sites is 1. The van der Waals surface area contributed by atoms with Crippen molar-refractivity contribution in [3.63, 3.8) is 0 Å². The molecule has 53 heavy (non-hydrogen) atoms. The summed E-state index contributed by atoms with van der Waals surface area (Å²) in [6.45, 7) is 11.8. The van der Waals surface area contributed by atoms with Crippen LogP contribution in [0.5, 0.6) is 11.5 Å². The van der Waals surface area contributed by atoms with Crippen LogP contribution in [0, 0.1) is 17.2 Å². The first kappa shape index (κ1) is 38.3. The van der Waals surface area contributed by atoms with Gasteiger partial charge in [-0.05, 0) is 54.1 Å². The number of ether oxygens (including phenoxy) is 2. The van der Waals surface area contributed by atoms with Crippen molar-refractivity contribution in [3.8, 4) is 22.2 Å². The number of rotatable bonds is 12. The smallest absolute Gasteiger partial charge is 0.330 e. The molecule has 280 valence electrons. The van der Waals surface area contributed by atoms with Gasteiger partial charge in [0, 0.05) is 32.7 Å². The number of aryl methyl sites for hydroxylation is 1. The predicted octanol–water partition coefficient (Wildman–Crippen LogP) is 7.22. The van der Waals surface area contributed by atoms with Crippen LogP contribution in [0.15, 0.2) is 53.0 Å². The molecule has 6 rings (SSSR count). The van der Waals surface area contributed by atoms with Gasteiger partial charge in [0.05, 0.1) is 30.6 Å². The number of hydrogen-bond acceptors (Lipinski definition) is 11. The second-order valence-corrected chi connectivity index (χ2v) is 17.4. The average molecular weight is 855 g/mol. The van der Waals surface area contributed by atoms with Crippen molar-refractivity contribution in [2.75, 3.05) is 19.0 Å². The number of nitrogens with zero attached hydrogens (tertiary/aromatic N) is 4. The molecule has 1 saturated heterocycles. The maximum absolute atomic E-state index is 14.7. The minimum absolute atomic E-state index is 0.0372. The van der Waals surface area contributed by atoms with E-state index >= 15 is 0 Å². The second-order valence-electron chi connectivity index (χ2n) is 15.0. The summed E-state index contributed by atoms with van der Waals surface area (Å²) in [5.41, 5.74) is 1.49. The fourth-order valence-electron chi connectivity index (χ4n) is 6.61. The number of hydrogen-bond donors (Lipinski definition) is 3. The van der Waals surface area contributed by atoms with E-state index in [1.165, 1.54) is 16.2 Å². The molecule has 2 fully saturated rings. The molecule has 2 aromatic heterocycles. The van der Waals surface area contributed by atoms with Crippen LogP contribution < -0.4 is 20.1 Å². The number of alkyl halides is 1. The molecule has 0 unspecified atom stereocenters. The molecular formula is C38H43IN6O7S. The summed E-state index contributed by atoms with van der Waals surface area (Å²) in [7, 11) is 1.60. The van der Waals surface area contributed by atoms with Gasteiger partial charge in [-0.2, -0.15) is 0 Å². The molecular weight excluding hydrogens is 811 g/mol. The van der Waals surface area contributed by atoms with Gasteiger partial charge in [-0.1, -0.05) is 69.3 Å². The number of anilines is 1. The third-order valence-electron chi connectivity index (χ3n) is 9.86. The first-order valence-corrected chi connectivity index (χ1v) is 19.5. The number of halogens is 1. The van der Waals surface area contributed by atoms with Crippen LogP contribution in [0.2, 0.25) is 0 Å². The molecule has 0 spiro atoms. The minimum Gasteiger partial charge on any atom is -0.496 e. The lowest BCUT2D eigenvalue weighted by Gasteiger charge is -2.36. The Kier molecular flexibility index (Phi) is 10.7.